The predicted octanol–water partition coefficient (Wildman–Crippen LogP) is 3.14. The molecule has 0 bridgehead atoms. The molecule has 4 nitrogen and oxygen atoms in total. The third kappa shape index (κ3) is 5.87. The molecule has 0 atom stereocenters. The minimum atomic E-state index is 0.471. The van der Waals surface area contributed by atoms with E-state index in [1.807, 2.05) is 13.0 Å². The van der Waals surface area contributed by atoms with E-state index in [0.29, 0.717) is 18.4 Å². The zero-order valence-electron chi connectivity index (χ0n) is 13.7. The van der Waals surface area contributed by atoms with Gasteiger partial charge in [-0.25, -0.2) is 9.97 Å². The summed E-state index contributed by atoms with van der Waals surface area (Å²) in [5.41, 5.74) is 7.64. The fourth-order valence-corrected chi connectivity index (χ4v) is 2.00. The largest absolute Gasteiger partial charge is 0.341 e. The van der Waals surface area contributed by atoms with E-state index >= 15 is 0 Å². The van der Waals surface area contributed by atoms with Crippen molar-refractivity contribution in [3.63, 3.8) is 0 Å². The summed E-state index contributed by atoms with van der Waals surface area (Å²) in [6.07, 6.45) is 2.32. The third-order valence-electron chi connectivity index (χ3n) is 3.34. The van der Waals surface area contributed by atoms with Crippen molar-refractivity contribution in [2.75, 3.05) is 18.0 Å². The zero-order valence-corrected chi connectivity index (χ0v) is 13.7. The van der Waals surface area contributed by atoms with Crippen LogP contribution in [0.2, 0.25) is 0 Å². The normalized spacial score (nSPS) is 11.4. The van der Waals surface area contributed by atoms with Crippen molar-refractivity contribution in [1.29, 1.82) is 0 Å². The van der Waals surface area contributed by atoms with Gasteiger partial charge in [-0.2, -0.15) is 0 Å². The number of nitrogens with zero attached hydrogens (tertiary/aromatic N) is 3. The van der Waals surface area contributed by atoms with Crippen LogP contribution in [0.1, 0.15) is 51.9 Å². The lowest BCUT2D eigenvalue weighted by Gasteiger charge is -2.25. The Morgan fingerprint density at radius 2 is 1.60 bits per heavy atom. The molecule has 2 N–H and O–H groups in total. The van der Waals surface area contributed by atoms with Crippen molar-refractivity contribution in [3.05, 3.63) is 17.5 Å². The van der Waals surface area contributed by atoms with Crippen LogP contribution in [0.5, 0.6) is 0 Å². The molecule has 0 spiro atoms. The maximum atomic E-state index is 5.72. The van der Waals surface area contributed by atoms with Gasteiger partial charge in [-0.15, -0.1) is 0 Å². The highest BCUT2D eigenvalue weighted by Crippen LogP contribution is 2.14. The highest BCUT2D eigenvalue weighted by atomic mass is 15.2. The first-order valence-electron chi connectivity index (χ1n) is 7.72. The summed E-state index contributed by atoms with van der Waals surface area (Å²) >= 11 is 0. The fraction of sp³-hybridized carbons (Fsp3) is 0.750. The van der Waals surface area contributed by atoms with Crippen LogP contribution >= 0.6 is 0 Å². The summed E-state index contributed by atoms with van der Waals surface area (Å²) in [5, 5.41) is 0. The first-order valence-corrected chi connectivity index (χ1v) is 7.72. The van der Waals surface area contributed by atoms with Gasteiger partial charge in [0.1, 0.15) is 0 Å². The van der Waals surface area contributed by atoms with Crippen LogP contribution in [-0.4, -0.2) is 23.1 Å². The van der Waals surface area contributed by atoms with Crippen LogP contribution in [0.4, 0.5) is 5.95 Å². The maximum absolute atomic E-state index is 5.72. The summed E-state index contributed by atoms with van der Waals surface area (Å²) in [6, 6.07) is 1.96. The molecule has 0 fully saturated rings. The van der Waals surface area contributed by atoms with Crippen molar-refractivity contribution in [2.45, 2.75) is 54.0 Å². The second-order valence-corrected chi connectivity index (χ2v) is 6.36. The van der Waals surface area contributed by atoms with Gasteiger partial charge in [-0.05, 0) is 37.7 Å². The van der Waals surface area contributed by atoms with Crippen molar-refractivity contribution < 1.29 is 0 Å². The molecule has 114 valence electrons. The highest BCUT2D eigenvalue weighted by Gasteiger charge is 2.12. The van der Waals surface area contributed by atoms with E-state index in [-0.39, 0.29) is 0 Å². The van der Waals surface area contributed by atoms with Crippen LogP contribution < -0.4 is 10.6 Å². The Labute approximate surface area is 123 Å². The van der Waals surface area contributed by atoms with E-state index in [1.54, 1.807) is 0 Å². The van der Waals surface area contributed by atoms with E-state index in [0.717, 1.165) is 43.3 Å². The molecule has 0 amide bonds. The maximum Gasteiger partial charge on any atom is 0.225 e. The number of hydrogen-bond donors (Lipinski definition) is 1. The van der Waals surface area contributed by atoms with Gasteiger partial charge in [-0.3, -0.25) is 0 Å². The van der Waals surface area contributed by atoms with E-state index in [4.69, 9.17) is 5.73 Å². The SMILES string of the molecule is Cc1cc(CN)nc(N(CCC(C)C)CCC(C)C)n1. The van der Waals surface area contributed by atoms with Gasteiger partial charge in [0.25, 0.3) is 0 Å². The van der Waals surface area contributed by atoms with Gasteiger partial charge in [0.15, 0.2) is 0 Å². The highest BCUT2D eigenvalue weighted by molar-refractivity contribution is 5.32. The van der Waals surface area contributed by atoms with Gasteiger partial charge in [-0.1, -0.05) is 27.7 Å². The summed E-state index contributed by atoms with van der Waals surface area (Å²) in [6.45, 7) is 13.5. The number of anilines is 1. The molecule has 4 heteroatoms. The first kappa shape index (κ1) is 16.9. The average Bonchev–Trinajstić information content (AvgIpc) is 2.37. The Hall–Kier alpha value is -1.16. The van der Waals surface area contributed by atoms with Gasteiger partial charge >= 0.3 is 0 Å². The van der Waals surface area contributed by atoms with Crippen LogP contribution in [0.3, 0.4) is 0 Å². The lowest BCUT2D eigenvalue weighted by molar-refractivity contribution is 0.529. The minimum absolute atomic E-state index is 0.471. The Balaban J connectivity index is 2.86. The van der Waals surface area contributed by atoms with E-state index in [9.17, 15) is 0 Å². The van der Waals surface area contributed by atoms with Gasteiger partial charge in [0.2, 0.25) is 5.95 Å². The summed E-state index contributed by atoms with van der Waals surface area (Å²) in [5.74, 6) is 2.22. The number of aromatic nitrogens is 2. The number of hydrogen-bond acceptors (Lipinski definition) is 4. The summed E-state index contributed by atoms with van der Waals surface area (Å²) in [7, 11) is 0. The molecule has 1 heterocycles. The molecule has 0 unspecified atom stereocenters. The minimum Gasteiger partial charge on any atom is -0.341 e. The van der Waals surface area contributed by atoms with Crippen molar-refractivity contribution >= 4 is 5.95 Å². The monoisotopic (exact) mass is 278 g/mol. The predicted molar refractivity (Wildman–Crippen MR) is 85.8 cm³/mol. The van der Waals surface area contributed by atoms with Gasteiger partial charge < -0.3 is 10.6 Å². The van der Waals surface area contributed by atoms with Crippen LogP contribution in [0.25, 0.3) is 0 Å². The quantitative estimate of drug-likeness (QED) is 0.793. The zero-order chi connectivity index (χ0) is 15.1. The fourth-order valence-electron chi connectivity index (χ4n) is 2.00. The average molecular weight is 278 g/mol. The standard InChI is InChI=1S/C16H30N4/c1-12(2)6-8-20(9-7-13(3)4)16-18-14(5)10-15(11-17)19-16/h10,12-13H,6-9,11,17H2,1-5H3. The third-order valence-corrected chi connectivity index (χ3v) is 3.34. The molecule has 0 radical (unpaired) electrons. The molecule has 0 saturated carbocycles. The summed E-state index contributed by atoms with van der Waals surface area (Å²) in [4.78, 5) is 11.5. The second kappa shape index (κ2) is 8.20. The van der Waals surface area contributed by atoms with E-state index < -0.39 is 0 Å². The van der Waals surface area contributed by atoms with Crippen LogP contribution in [-0.2, 0) is 6.54 Å². The molecule has 1 aromatic rings. The van der Waals surface area contributed by atoms with Crippen molar-refractivity contribution in [1.82, 2.24) is 9.97 Å². The number of aryl methyl sites for hydroxylation is 1. The van der Waals surface area contributed by atoms with Gasteiger partial charge in [0.05, 0.1) is 5.69 Å². The molecule has 0 aliphatic carbocycles. The molecule has 1 rings (SSSR count). The smallest absolute Gasteiger partial charge is 0.225 e. The number of nitrogens with two attached hydrogens (primary N) is 1. The first-order chi connectivity index (χ1) is 9.42. The molecule has 0 aliphatic heterocycles. The molecule has 1 aromatic heterocycles. The Bertz CT molecular complexity index is 389. The van der Waals surface area contributed by atoms with Crippen molar-refractivity contribution in [3.8, 4) is 0 Å². The van der Waals surface area contributed by atoms with E-state index in [2.05, 4.69) is 42.6 Å². The molecule has 0 aliphatic rings. The van der Waals surface area contributed by atoms with Gasteiger partial charge in [0, 0.05) is 25.3 Å². The molecular formula is C16H30N4. The molecule has 20 heavy (non-hydrogen) atoms. The number of rotatable bonds is 8. The molecular weight excluding hydrogens is 248 g/mol. The van der Waals surface area contributed by atoms with Crippen LogP contribution in [0, 0.1) is 18.8 Å². The Morgan fingerprint density at radius 3 is 2.05 bits per heavy atom. The lowest BCUT2D eigenvalue weighted by atomic mass is 10.1. The Morgan fingerprint density at radius 1 is 1.05 bits per heavy atom. The topological polar surface area (TPSA) is 55.0 Å². The molecule has 0 saturated heterocycles. The van der Waals surface area contributed by atoms with Crippen LogP contribution in [0.15, 0.2) is 6.07 Å². The Kier molecular flexibility index (Phi) is 6.93. The second-order valence-electron chi connectivity index (χ2n) is 6.36. The lowest BCUT2D eigenvalue weighted by Crippen LogP contribution is -2.30. The van der Waals surface area contributed by atoms with Crippen molar-refractivity contribution in [2.24, 2.45) is 17.6 Å². The van der Waals surface area contributed by atoms with E-state index in [1.165, 1.54) is 0 Å². The summed E-state index contributed by atoms with van der Waals surface area (Å²) < 4.78 is 0. The molecule has 0 aromatic carbocycles.